The van der Waals surface area contributed by atoms with Crippen molar-refractivity contribution in [2.24, 2.45) is 0 Å². The van der Waals surface area contributed by atoms with Crippen LogP contribution in [0.5, 0.6) is 0 Å². The summed E-state index contributed by atoms with van der Waals surface area (Å²) in [5.74, 6) is -0.577. The Kier molecular flexibility index (Phi) is 5.05. The standard InChI is InChI=1S/C20H24N2O3S/c1-13-5-4-6-14(2)18(13)12-21-19-11-16(8-7-15(19)3)20(23)22-26(24,25)17-9-10-17/h4-8,11,17,21H,9-10,12H2,1-3H3,(H,22,23). The smallest absolute Gasteiger partial charge is 0.264 e. The normalized spacial score (nSPS) is 14.1. The molecule has 2 N–H and O–H groups in total. The van der Waals surface area contributed by atoms with Crippen LogP contribution in [0.1, 0.15) is 45.5 Å². The molecule has 0 heterocycles. The van der Waals surface area contributed by atoms with Crippen molar-refractivity contribution in [3.8, 4) is 0 Å². The van der Waals surface area contributed by atoms with Crippen LogP contribution in [0, 0.1) is 20.8 Å². The number of carbonyl (C=O) groups excluding carboxylic acids is 1. The SMILES string of the molecule is Cc1ccc(C(=O)NS(=O)(=O)C2CC2)cc1NCc1c(C)cccc1C. The highest BCUT2D eigenvalue weighted by molar-refractivity contribution is 7.91. The number of aryl methyl sites for hydroxylation is 3. The van der Waals surface area contributed by atoms with Crippen molar-refractivity contribution in [1.29, 1.82) is 0 Å². The molecule has 2 aromatic carbocycles. The third kappa shape index (κ3) is 4.07. The summed E-state index contributed by atoms with van der Waals surface area (Å²) < 4.78 is 26.1. The van der Waals surface area contributed by atoms with E-state index in [0.717, 1.165) is 11.3 Å². The highest BCUT2D eigenvalue weighted by atomic mass is 32.2. The molecule has 1 aliphatic carbocycles. The monoisotopic (exact) mass is 372 g/mol. The fourth-order valence-corrected chi connectivity index (χ4v) is 4.21. The zero-order chi connectivity index (χ0) is 18.9. The lowest BCUT2D eigenvalue weighted by molar-refractivity contribution is 0.0981. The van der Waals surface area contributed by atoms with E-state index in [1.807, 2.05) is 19.1 Å². The predicted molar refractivity (Wildman–Crippen MR) is 104 cm³/mol. The van der Waals surface area contributed by atoms with Crippen LogP contribution < -0.4 is 10.0 Å². The molecule has 26 heavy (non-hydrogen) atoms. The molecule has 6 heteroatoms. The molecule has 1 aliphatic rings. The summed E-state index contributed by atoms with van der Waals surface area (Å²) in [5.41, 5.74) is 5.79. The van der Waals surface area contributed by atoms with Crippen molar-refractivity contribution in [1.82, 2.24) is 4.72 Å². The first-order chi connectivity index (χ1) is 12.3. The van der Waals surface area contributed by atoms with Crippen LogP contribution in [0.2, 0.25) is 0 Å². The average molecular weight is 372 g/mol. The minimum absolute atomic E-state index is 0.337. The van der Waals surface area contributed by atoms with Gasteiger partial charge in [0, 0.05) is 17.8 Å². The molecule has 0 unspecified atom stereocenters. The van der Waals surface area contributed by atoms with Gasteiger partial charge in [0.05, 0.1) is 5.25 Å². The number of hydrogen-bond donors (Lipinski definition) is 2. The van der Waals surface area contributed by atoms with Crippen LogP contribution in [0.3, 0.4) is 0 Å². The maximum Gasteiger partial charge on any atom is 0.264 e. The molecule has 138 valence electrons. The molecule has 3 rings (SSSR count). The average Bonchev–Trinajstić information content (AvgIpc) is 3.41. The summed E-state index contributed by atoms with van der Waals surface area (Å²) >= 11 is 0. The van der Waals surface area contributed by atoms with Gasteiger partial charge in [-0.3, -0.25) is 4.79 Å². The maximum atomic E-state index is 12.3. The lowest BCUT2D eigenvalue weighted by Gasteiger charge is -2.15. The van der Waals surface area contributed by atoms with Crippen molar-refractivity contribution in [2.75, 3.05) is 5.32 Å². The zero-order valence-electron chi connectivity index (χ0n) is 15.3. The molecule has 0 atom stereocenters. The first kappa shape index (κ1) is 18.5. The predicted octanol–water partition coefficient (Wildman–Crippen LogP) is 3.45. The number of rotatable bonds is 6. The zero-order valence-corrected chi connectivity index (χ0v) is 16.1. The minimum Gasteiger partial charge on any atom is -0.381 e. The number of sulfonamides is 1. The second-order valence-electron chi connectivity index (χ2n) is 6.93. The maximum absolute atomic E-state index is 12.3. The Morgan fingerprint density at radius 3 is 2.31 bits per heavy atom. The largest absolute Gasteiger partial charge is 0.381 e. The van der Waals surface area contributed by atoms with Crippen LogP contribution in [-0.4, -0.2) is 19.6 Å². The summed E-state index contributed by atoms with van der Waals surface area (Å²) in [6, 6.07) is 11.4. The first-order valence-corrected chi connectivity index (χ1v) is 10.3. The molecule has 0 saturated heterocycles. The topological polar surface area (TPSA) is 75.3 Å². The summed E-state index contributed by atoms with van der Waals surface area (Å²) in [4.78, 5) is 12.3. The van der Waals surface area contributed by atoms with E-state index in [-0.39, 0.29) is 0 Å². The van der Waals surface area contributed by atoms with Crippen LogP contribution in [0.15, 0.2) is 36.4 Å². The van der Waals surface area contributed by atoms with Gasteiger partial charge < -0.3 is 5.32 Å². The van der Waals surface area contributed by atoms with Gasteiger partial charge in [0.2, 0.25) is 10.0 Å². The van der Waals surface area contributed by atoms with Crippen LogP contribution in [0.4, 0.5) is 5.69 Å². The van der Waals surface area contributed by atoms with Gasteiger partial charge in [0.15, 0.2) is 0 Å². The third-order valence-corrected chi connectivity index (χ3v) is 6.62. The number of amides is 1. The minimum atomic E-state index is -3.54. The van der Waals surface area contributed by atoms with Gasteiger partial charge in [-0.2, -0.15) is 0 Å². The summed E-state index contributed by atoms with van der Waals surface area (Å²) in [6.45, 7) is 6.74. The second kappa shape index (κ2) is 7.11. The number of benzene rings is 2. The fraction of sp³-hybridized carbons (Fsp3) is 0.350. The highest BCUT2D eigenvalue weighted by Crippen LogP contribution is 2.28. The molecule has 1 amide bonds. The van der Waals surface area contributed by atoms with E-state index in [9.17, 15) is 13.2 Å². The molecular formula is C20H24N2O3S. The lowest BCUT2D eigenvalue weighted by Crippen LogP contribution is -2.33. The third-order valence-electron chi connectivity index (χ3n) is 4.80. The Bertz CT molecular complexity index is 927. The highest BCUT2D eigenvalue weighted by Gasteiger charge is 2.37. The lowest BCUT2D eigenvalue weighted by atomic mass is 10.0. The molecule has 0 aliphatic heterocycles. The summed E-state index contributed by atoms with van der Waals surface area (Å²) in [6.07, 6.45) is 1.25. The number of carbonyl (C=O) groups is 1. The van der Waals surface area contributed by atoms with Gasteiger partial charge in [-0.15, -0.1) is 0 Å². The van der Waals surface area contributed by atoms with Crippen LogP contribution in [-0.2, 0) is 16.6 Å². The number of anilines is 1. The van der Waals surface area contributed by atoms with Crippen molar-refractivity contribution >= 4 is 21.6 Å². The van der Waals surface area contributed by atoms with E-state index in [1.165, 1.54) is 16.7 Å². The van der Waals surface area contributed by atoms with E-state index in [0.29, 0.717) is 24.9 Å². The number of nitrogens with one attached hydrogen (secondary N) is 2. The Morgan fingerprint density at radius 2 is 1.69 bits per heavy atom. The number of hydrogen-bond acceptors (Lipinski definition) is 4. The molecule has 0 bridgehead atoms. The van der Waals surface area contributed by atoms with Gasteiger partial charge in [0.1, 0.15) is 0 Å². The summed E-state index contributed by atoms with van der Waals surface area (Å²) in [7, 11) is -3.54. The van der Waals surface area contributed by atoms with Gasteiger partial charge in [-0.25, -0.2) is 13.1 Å². The van der Waals surface area contributed by atoms with Gasteiger partial charge in [-0.05, 0) is 68.0 Å². The van der Waals surface area contributed by atoms with Crippen molar-refractivity contribution in [3.63, 3.8) is 0 Å². The van der Waals surface area contributed by atoms with Gasteiger partial charge in [0.25, 0.3) is 5.91 Å². The van der Waals surface area contributed by atoms with Crippen molar-refractivity contribution < 1.29 is 13.2 Å². The molecule has 2 aromatic rings. The quantitative estimate of drug-likeness (QED) is 0.814. The molecule has 1 fully saturated rings. The summed E-state index contributed by atoms with van der Waals surface area (Å²) in [5, 5.41) is 2.96. The molecule has 0 radical (unpaired) electrons. The van der Waals surface area contributed by atoms with Crippen LogP contribution in [0.25, 0.3) is 0 Å². The van der Waals surface area contributed by atoms with E-state index in [1.54, 1.807) is 12.1 Å². The Hall–Kier alpha value is -2.34. The molecular weight excluding hydrogens is 348 g/mol. The Morgan fingerprint density at radius 1 is 1.04 bits per heavy atom. The van der Waals surface area contributed by atoms with Crippen molar-refractivity contribution in [3.05, 3.63) is 64.2 Å². The van der Waals surface area contributed by atoms with Gasteiger partial charge in [-0.1, -0.05) is 24.3 Å². The van der Waals surface area contributed by atoms with E-state index >= 15 is 0 Å². The van der Waals surface area contributed by atoms with E-state index in [2.05, 4.69) is 36.0 Å². The second-order valence-corrected chi connectivity index (χ2v) is 8.89. The van der Waals surface area contributed by atoms with Crippen LogP contribution >= 0.6 is 0 Å². The van der Waals surface area contributed by atoms with Gasteiger partial charge >= 0.3 is 0 Å². The molecule has 5 nitrogen and oxygen atoms in total. The molecule has 0 aromatic heterocycles. The Labute approximate surface area is 154 Å². The fourth-order valence-electron chi connectivity index (χ4n) is 2.91. The van der Waals surface area contributed by atoms with E-state index < -0.39 is 21.2 Å². The molecule has 1 saturated carbocycles. The van der Waals surface area contributed by atoms with Crippen molar-refractivity contribution in [2.45, 2.75) is 45.4 Å². The molecule has 0 spiro atoms. The Balaban J connectivity index is 1.76. The van der Waals surface area contributed by atoms with E-state index in [4.69, 9.17) is 0 Å². The first-order valence-electron chi connectivity index (χ1n) is 8.73.